The smallest absolute Gasteiger partial charge is 0.328 e. The molecule has 0 bridgehead atoms. The van der Waals surface area contributed by atoms with Crippen molar-refractivity contribution in [3.63, 3.8) is 0 Å². The van der Waals surface area contributed by atoms with Crippen molar-refractivity contribution in [2.75, 3.05) is 11.5 Å². The number of aliphatic carboxylic acids is 1. The van der Waals surface area contributed by atoms with Crippen LogP contribution >= 0.6 is 11.8 Å². The van der Waals surface area contributed by atoms with Crippen molar-refractivity contribution >= 4 is 29.7 Å². The van der Waals surface area contributed by atoms with E-state index < -0.39 is 5.97 Å². The molecule has 0 aliphatic heterocycles. The fraction of sp³-hybridized carbons (Fsp3) is 0.375. The van der Waals surface area contributed by atoms with E-state index in [9.17, 15) is 9.59 Å². The molecule has 1 atom stereocenters. The molecular formula is C16H21NO3S. The zero-order chi connectivity index (χ0) is 15.8. The van der Waals surface area contributed by atoms with Crippen LogP contribution in [0, 0.1) is 6.92 Å². The van der Waals surface area contributed by atoms with Gasteiger partial charge in [-0.15, -0.1) is 0 Å². The summed E-state index contributed by atoms with van der Waals surface area (Å²) in [4.78, 5) is 22.6. The Morgan fingerprint density at radius 2 is 2.14 bits per heavy atom. The number of aryl methyl sites for hydroxylation is 1. The summed E-state index contributed by atoms with van der Waals surface area (Å²) in [6.45, 7) is 5.93. The Kier molecular flexibility index (Phi) is 7.02. The minimum atomic E-state index is -0.988. The van der Waals surface area contributed by atoms with Gasteiger partial charge in [0.05, 0.1) is 0 Å². The largest absolute Gasteiger partial charge is 0.478 e. The third kappa shape index (κ3) is 6.04. The zero-order valence-electron chi connectivity index (χ0n) is 12.6. The number of carbonyl (C=O) groups is 2. The monoisotopic (exact) mass is 307 g/mol. The van der Waals surface area contributed by atoms with Gasteiger partial charge < -0.3 is 10.4 Å². The number of carbonyl (C=O) groups excluding carboxylic acids is 1. The highest BCUT2D eigenvalue weighted by molar-refractivity contribution is 7.99. The molecule has 0 heterocycles. The molecule has 114 valence electrons. The second kappa shape index (κ2) is 8.52. The van der Waals surface area contributed by atoms with Crippen LogP contribution in [-0.2, 0) is 4.79 Å². The molecule has 0 spiro atoms. The molecule has 0 aliphatic rings. The van der Waals surface area contributed by atoms with E-state index >= 15 is 0 Å². The molecule has 0 saturated heterocycles. The van der Waals surface area contributed by atoms with Crippen molar-refractivity contribution in [1.29, 1.82) is 0 Å². The molecule has 0 saturated carbocycles. The lowest BCUT2D eigenvalue weighted by molar-refractivity contribution is -0.131. The van der Waals surface area contributed by atoms with Crippen LogP contribution in [0.1, 0.15) is 35.3 Å². The number of rotatable bonds is 7. The molecule has 4 nitrogen and oxygen atoms in total. The van der Waals surface area contributed by atoms with E-state index in [-0.39, 0.29) is 11.9 Å². The van der Waals surface area contributed by atoms with Crippen LogP contribution in [0.2, 0.25) is 0 Å². The van der Waals surface area contributed by atoms with Gasteiger partial charge in [0.2, 0.25) is 0 Å². The fourth-order valence-electron chi connectivity index (χ4n) is 1.81. The molecular weight excluding hydrogens is 286 g/mol. The number of carboxylic acid groups (broad SMARTS) is 1. The quantitative estimate of drug-likeness (QED) is 0.760. The maximum atomic E-state index is 12.1. The second-order valence-electron chi connectivity index (χ2n) is 4.78. The van der Waals surface area contributed by atoms with E-state index in [1.807, 2.05) is 13.8 Å². The molecule has 5 heteroatoms. The van der Waals surface area contributed by atoms with Crippen LogP contribution in [0.5, 0.6) is 0 Å². The Morgan fingerprint density at radius 1 is 1.43 bits per heavy atom. The van der Waals surface area contributed by atoms with Crippen molar-refractivity contribution in [3.8, 4) is 0 Å². The van der Waals surface area contributed by atoms with E-state index in [4.69, 9.17) is 5.11 Å². The first-order chi connectivity index (χ1) is 9.93. The molecule has 1 amide bonds. The summed E-state index contributed by atoms with van der Waals surface area (Å²) in [6.07, 6.45) is 2.62. The first-order valence-corrected chi connectivity index (χ1v) is 7.99. The predicted molar refractivity (Wildman–Crippen MR) is 87.8 cm³/mol. The fourth-order valence-corrected chi connectivity index (χ4v) is 2.48. The van der Waals surface area contributed by atoms with Gasteiger partial charge in [-0.2, -0.15) is 11.8 Å². The Balaban J connectivity index is 2.74. The molecule has 2 N–H and O–H groups in total. The van der Waals surface area contributed by atoms with Crippen LogP contribution in [0.15, 0.2) is 24.3 Å². The Labute approximate surface area is 129 Å². The number of benzene rings is 1. The molecule has 0 aromatic heterocycles. The summed E-state index contributed by atoms with van der Waals surface area (Å²) < 4.78 is 0. The van der Waals surface area contributed by atoms with Crippen LogP contribution < -0.4 is 5.32 Å². The molecule has 0 fully saturated rings. The van der Waals surface area contributed by atoms with Gasteiger partial charge in [0.25, 0.3) is 5.91 Å². The maximum absolute atomic E-state index is 12.1. The number of amides is 1. The van der Waals surface area contributed by atoms with Crippen molar-refractivity contribution in [3.05, 3.63) is 41.0 Å². The van der Waals surface area contributed by atoms with E-state index in [1.54, 1.807) is 30.0 Å². The van der Waals surface area contributed by atoms with E-state index in [0.29, 0.717) is 5.56 Å². The van der Waals surface area contributed by atoms with Gasteiger partial charge >= 0.3 is 5.97 Å². The first-order valence-electron chi connectivity index (χ1n) is 6.84. The number of carboxylic acids is 1. The minimum Gasteiger partial charge on any atom is -0.478 e. The number of thioether (sulfide) groups is 1. The number of nitrogens with one attached hydrogen (secondary N) is 1. The Bertz CT molecular complexity index is 540. The average molecular weight is 307 g/mol. The van der Waals surface area contributed by atoms with Gasteiger partial charge in [-0.3, -0.25) is 4.79 Å². The van der Waals surface area contributed by atoms with E-state index in [2.05, 4.69) is 12.2 Å². The summed E-state index contributed by atoms with van der Waals surface area (Å²) in [6, 6.07) is 5.37. The topological polar surface area (TPSA) is 66.4 Å². The second-order valence-corrected chi connectivity index (χ2v) is 6.10. The third-order valence-corrected chi connectivity index (χ3v) is 4.03. The first kappa shape index (κ1) is 17.3. The van der Waals surface area contributed by atoms with E-state index in [0.717, 1.165) is 28.7 Å². The van der Waals surface area contributed by atoms with Gasteiger partial charge in [-0.25, -0.2) is 4.79 Å². The van der Waals surface area contributed by atoms with Gasteiger partial charge in [0, 0.05) is 23.4 Å². The SMILES string of the molecule is CCSCC(C)NC(=O)c1ccc(/C=C/C(=O)O)c(C)c1. The van der Waals surface area contributed by atoms with Crippen molar-refractivity contribution < 1.29 is 14.7 Å². The van der Waals surface area contributed by atoms with Crippen molar-refractivity contribution in [2.24, 2.45) is 0 Å². The molecule has 1 unspecified atom stereocenters. The van der Waals surface area contributed by atoms with Gasteiger partial charge in [0.1, 0.15) is 0 Å². The summed E-state index contributed by atoms with van der Waals surface area (Å²) in [5.74, 6) is 0.833. The van der Waals surface area contributed by atoms with Gasteiger partial charge in [-0.1, -0.05) is 13.0 Å². The summed E-state index contributed by atoms with van der Waals surface area (Å²) in [5, 5.41) is 11.6. The lowest BCUT2D eigenvalue weighted by Crippen LogP contribution is -2.34. The molecule has 21 heavy (non-hydrogen) atoms. The number of hydrogen-bond acceptors (Lipinski definition) is 3. The lowest BCUT2D eigenvalue weighted by atomic mass is 10.0. The minimum absolute atomic E-state index is 0.101. The maximum Gasteiger partial charge on any atom is 0.328 e. The lowest BCUT2D eigenvalue weighted by Gasteiger charge is -2.13. The number of hydrogen-bond donors (Lipinski definition) is 2. The summed E-state index contributed by atoms with van der Waals surface area (Å²) in [5.41, 5.74) is 2.26. The van der Waals surface area contributed by atoms with Gasteiger partial charge in [0.15, 0.2) is 0 Å². The zero-order valence-corrected chi connectivity index (χ0v) is 13.4. The predicted octanol–water partition coefficient (Wildman–Crippen LogP) is 2.96. The molecule has 0 aliphatic carbocycles. The average Bonchev–Trinajstić information content (AvgIpc) is 2.43. The molecule has 1 aromatic rings. The standard InChI is InChI=1S/C16H21NO3S/c1-4-21-10-12(3)17-16(20)14-6-5-13(11(2)9-14)7-8-15(18)19/h5-9,12H,4,10H2,1-3H3,(H,17,20)(H,18,19)/b8-7+. The highest BCUT2D eigenvalue weighted by Crippen LogP contribution is 2.13. The van der Waals surface area contributed by atoms with E-state index in [1.165, 1.54) is 6.08 Å². The highest BCUT2D eigenvalue weighted by Gasteiger charge is 2.10. The van der Waals surface area contributed by atoms with Gasteiger partial charge in [-0.05, 0) is 48.9 Å². The molecule has 1 rings (SSSR count). The normalized spacial score (nSPS) is 12.3. The van der Waals surface area contributed by atoms with Crippen LogP contribution in [0.25, 0.3) is 6.08 Å². The highest BCUT2D eigenvalue weighted by atomic mass is 32.2. The Morgan fingerprint density at radius 3 is 2.71 bits per heavy atom. The summed E-state index contributed by atoms with van der Waals surface area (Å²) in [7, 11) is 0. The third-order valence-electron chi connectivity index (χ3n) is 2.89. The molecule has 1 aromatic carbocycles. The van der Waals surface area contributed by atoms with Crippen LogP contribution in [-0.4, -0.2) is 34.5 Å². The van der Waals surface area contributed by atoms with Crippen molar-refractivity contribution in [1.82, 2.24) is 5.32 Å². The molecule has 0 radical (unpaired) electrons. The summed E-state index contributed by atoms with van der Waals surface area (Å²) >= 11 is 1.79. The van der Waals surface area contributed by atoms with Crippen LogP contribution in [0.3, 0.4) is 0 Å². The Hall–Kier alpha value is -1.75. The van der Waals surface area contributed by atoms with Crippen molar-refractivity contribution in [2.45, 2.75) is 26.8 Å². The van der Waals surface area contributed by atoms with Crippen LogP contribution in [0.4, 0.5) is 0 Å².